The Morgan fingerprint density at radius 1 is 1.10 bits per heavy atom. The van der Waals surface area contributed by atoms with Crippen LogP contribution in [0.3, 0.4) is 0 Å². The van der Waals surface area contributed by atoms with Gasteiger partial charge in [0.2, 0.25) is 5.91 Å². The summed E-state index contributed by atoms with van der Waals surface area (Å²) in [5, 5.41) is 8.88. The van der Waals surface area contributed by atoms with Gasteiger partial charge in [0.15, 0.2) is 5.11 Å². The molecule has 9 heteroatoms. The summed E-state index contributed by atoms with van der Waals surface area (Å²) in [6.07, 6.45) is 2.25. The number of benzene rings is 2. The molecule has 2 aromatic carbocycles. The quantitative estimate of drug-likeness (QED) is 0.498. The van der Waals surface area contributed by atoms with E-state index in [0.29, 0.717) is 22.8 Å². The number of carbonyl (C=O) groups excluding carboxylic acids is 2. The highest BCUT2D eigenvalue weighted by Gasteiger charge is 2.18. The summed E-state index contributed by atoms with van der Waals surface area (Å²) in [5.74, 6) is -0.370. The Balaban J connectivity index is 2.03. The maximum absolute atomic E-state index is 12.5. The van der Waals surface area contributed by atoms with E-state index in [0.717, 1.165) is 12.8 Å². The maximum Gasteiger partial charge on any atom is 0.261 e. The summed E-state index contributed by atoms with van der Waals surface area (Å²) >= 11 is 17.2. The van der Waals surface area contributed by atoms with Crippen molar-refractivity contribution in [3.05, 3.63) is 52.0 Å². The fraction of sp³-hybridized carbons (Fsp3) is 0.250. The first kappa shape index (κ1) is 22.9. The zero-order valence-electron chi connectivity index (χ0n) is 16.0. The molecule has 0 aliphatic rings. The lowest BCUT2D eigenvalue weighted by atomic mass is 10.2. The first-order chi connectivity index (χ1) is 13.8. The van der Waals surface area contributed by atoms with Gasteiger partial charge in [-0.25, -0.2) is 0 Å². The van der Waals surface area contributed by atoms with Crippen LogP contribution >= 0.6 is 35.4 Å². The number of hydrogen-bond acceptors (Lipinski definition) is 4. The highest BCUT2D eigenvalue weighted by Crippen LogP contribution is 2.32. The van der Waals surface area contributed by atoms with Crippen molar-refractivity contribution >= 4 is 63.7 Å². The van der Waals surface area contributed by atoms with E-state index in [2.05, 4.69) is 16.0 Å². The van der Waals surface area contributed by atoms with Crippen LogP contribution < -0.4 is 20.7 Å². The van der Waals surface area contributed by atoms with Gasteiger partial charge in [0.25, 0.3) is 5.91 Å². The molecule has 0 radical (unpaired) electrons. The zero-order chi connectivity index (χ0) is 21.4. The minimum absolute atomic E-state index is 0.0511. The maximum atomic E-state index is 12.5. The molecule has 0 spiro atoms. The minimum atomic E-state index is -0.521. The van der Waals surface area contributed by atoms with Crippen LogP contribution in [0.2, 0.25) is 10.0 Å². The van der Waals surface area contributed by atoms with Gasteiger partial charge in [0.05, 0.1) is 17.7 Å². The summed E-state index contributed by atoms with van der Waals surface area (Å²) in [5.41, 5.74) is 1.40. The van der Waals surface area contributed by atoms with Crippen LogP contribution in [0.25, 0.3) is 0 Å². The number of unbranched alkanes of at least 4 members (excludes halogenated alkanes) is 1. The Morgan fingerprint density at radius 3 is 2.45 bits per heavy atom. The molecule has 0 unspecified atom stereocenters. The van der Waals surface area contributed by atoms with Gasteiger partial charge in [-0.3, -0.25) is 14.9 Å². The van der Waals surface area contributed by atoms with E-state index in [-0.39, 0.29) is 27.4 Å². The number of thiocarbonyl (C=S) groups is 1. The second-order valence-corrected chi connectivity index (χ2v) is 7.36. The Hall–Kier alpha value is -2.35. The van der Waals surface area contributed by atoms with Crippen molar-refractivity contribution in [3.8, 4) is 5.75 Å². The number of ether oxygens (including phenoxy) is 1. The lowest BCUT2D eigenvalue weighted by molar-refractivity contribution is -0.116. The molecule has 0 aromatic heterocycles. The number of amides is 2. The zero-order valence-corrected chi connectivity index (χ0v) is 18.3. The van der Waals surface area contributed by atoms with Crippen LogP contribution in [0, 0.1) is 0 Å². The number of nitrogens with one attached hydrogen (secondary N) is 3. The molecule has 0 fully saturated rings. The van der Waals surface area contributed by atoms with Crippen molar-refractivity contribution in [2.45, 2.75) is 26.2 Å². The van der Waals surface area contributed by atoms with Crippen molar-refractivity contribution < 1.29 is 14.3 Å². The van der Waals surface area contributed by atoms with E-state index in [1.54, 1.807) is 24.3 Å². The molecule has 2 aromatic rings. The molecule has 0 bridgehead atoms. The topological polar surface area (TPSA) is 79.5 Å². The highest BCUT2D eigenvalue weighted by atomic mass is 35.5. The van der Waals surface area contributed by atoms with Crippen molar-refractivity contribution in [1.29, 1.82) is 0 Å². The van der Waals surface area contributed by atoms with Crippen LogP contribution in [0.15, 0.2) is 36.4 Å². The molecule has 2 amide bonds. The molecule has 0 aliphatic heterocycles. The average molecular weight is 454 g/mol. The smallest absolute Gasteiger partial charge is 0.261 e. The first-order valence-electron chi connectivity index (χ1n) is 8.89. The average Bonchev–Trinajstić information content (AvgIpc) is 2.65. The SMILES string of the molecule is CCCCC(=O)Nc1cccc(NC(=S)NC(=O)c2cc(Cl)cc(Cl)c2OC)c1. The summed E-state index contributed by atoms with van der Waals surface area (Å²) in [6, 6.07) is 9.94. The van der Waals surface area contributed by atoms with Gasteiger partial charge in [0, 0.05) is 22.8 Å². The molecule has 0 aliphatic carbocycles. The summed E-state index contributed by atoms with van der Waals surface area (Å²) in [6.45, 7) is 2.03. The Morgan fingerprint density at radius 2 is 1.79 bits per heavy atom. The summed E-state index contributed by atoms with van der Waals surface area (Å²) in [4.78, 5) is 24.4. The van der Waals surface area contributed by atoms with Crippen LogP contribution in [-0.4, -0.2) is 24.0 Å². The third-order valence-corrected chi connectivity index (χ3v) is 4.55. The lowest BCUT2D eigenvalue weighted by Crippen LogP contribution is -2.34. The Labute approximate surface area is 184 Å². The Bertz CT molecular complexity index is 922. The third-order valence-electron chi connectivity index (χ3n) is 3.85. The molecule has 2 rings (SSSR count). The van der Waals surface area contributed by atoms with E-state index >= 15 is 0 Å². The van der Waals surface area contributed by atoms with Crippen molar-refractivity contribution in [2.24, 2.45) is 0 Å². The minimum Gasteiger partial charge on any atom is -0.494 e. The number of rotatable bonds is 7. The van der Waals surface area contributed by atoms with E-state index in [9.17, 15) is 9.59 Å². The van der Waals surface area contributed by atoms with Crippen molar-refractivity contribution in [2.75, 3.05) is 17.7 Å². The monoisotopic (exact) mass is 453 g/mol. The summed E-state index contributed by atoms with van der Waals surface area (Å²) in [7, 11) is 1.41. The normalized spacial score (nSPS) is 10.2. The first-order valence-corrected chi connectivity index (χ1v) is 10.1. The number of anilines is 2. The standard InChI is InChI=1S/C20H21Cl2N3O3S/c1-3-4-8-17(26)23-13-6-5-7-14(11-13)24-20(29)25-19(27)15-9-12(21)10-16(22)18(15)28-2/h5-7,9-11H,3-4,8H2,1-2H3,(H,23,26)(H2,24,25,27,29). The lowest BCUT2D eigenvalue weighted by Gasteiger charge is -2.13. The molecular weight excluding hydrogens is 433 g/mol. The van der Waals surface area contributed by atoms with Gasteiger partial charge in [-0.15, -0.1) is 0 Å². The fourth-order valence-electron chi connectivity index (χ4n) is 2.50. The van der Waals surface area contributed by atoms with Gasteiger partial charge in [-0.05, 0) is 49.0 Å². The van der Waals surface area contributed by atoms with E-state index in [1.165, 1.54) is 19.2 Å². The Kier molecular flexibility index (Phi) is 8.70. The van der Waals surface area contributed by atoms with Gasteiger partial charge in [0.1, 0.15) is 5.75 Å². The third kappa shape index (κ3) is 6.88. The summed E-state index contributed by atoms with van der Waals surface area (Å²) < 4.78 is 5.18. The number of carbonyl (C=O) groups is 2. The van der Waals surface area contributed by atoms with Crippen molar-refractivity contribution in [3.63, 3.8) is 0 Å². The van der Waals surface area contributed by atoms with Crippen LogP contribution in [0.5, 0.6) is 5.75 Å². The molecule has 6 nitrogen and oxygen atoms in total. The van der Waals surface area contributed by atoms with Gasteiger partial charge in [-0.2, -0.15) is 0 Å². The second kappa shape index (κ2) is 11.0. The van der Waals surface area contributed by atoms with Gasteiger partial charge < -0.3 is 15.4 Å². The van der Waals surface area contributed by atoms with E-state index < -0.39 is 5.91 Å². The molecule has 0 saturated heterocycles. The van der Waals surface area contributed by atoms with Gasteiger partial charge >= 0.3 is 0 Å². The van der Waals surface area contributed by atoms with Crippen LogP contribution in [0.1, 0.15) is 36.5 Å². The largest absolute Gasteiger partial charge is 0.494 e. The predicted octanol–water partition coefficient (Wildman–Crippen LogP) is 5.26. The molecule has 154 valence electrons. The number of halogens is 2. The molecule has 3 N–H and O–H groups in total. The van der Waals surface area contributed by atoms with E-state index in [1.807, 2.05) is 6.92 Å². The number of hydrogen-bond donors (Lipinski definition) is 3. The molecule has 29 heavy (non-hydrogen) atoms. The molecule has 0 saturated carbocycles. The second-order valence-electron chi connectivity index (χ2n) is 6.11. The molecule has 0 heterocycles. The molecular formula is C20H21Cl2N3O3S. The van der Waals surface area contributed by atoms with Crippen molar-refractivity contribution in [1.82, 2.24) is 5.32 Å². The fourth-order valence-corrected chi connectivity index (χ4v) is 3.29. The van der Waals surface area contributed by atoms with E-state index in [4.69, 9.17) is 40.2 Å². The van der Waals surface area contributed by atoms with Crippen LogP contribution in [-0.2, 0) is 4.79 Å². The predicted molar refractivity (Wildman–Crippen MR) is 121 cm³/mol. The molecule has 0 atom stereocenters. The van der Waals surface area contributed by atoms with Crippen LogP contribution in [0.4, 0.5) is 11.4 Å². The highest BCUT2D eigenvalue weighted by molar-refractivity contribution is 7.80. The van der Waals surface area contributed by atoms with Gasteiger partial charge in [-0.1, -0.05) is 42.6 Å². The number of methoxy groups -OCH3 is 1.